The molecule has 1 aromatic carbocycles. The zero-order valence-corrected chi connectivity index (χ0v) is 15.0. The molecule has 0 aliphatic carbocycles. The summed E-state index contributed by atoms with van der Waals surface area (Å²) < 4.78 is 32.5. The lowest BCUT2D eigenvalue weighted by molar-refractivity contribution is -0.147. The highest BCUT2D eigenvalue weighted by Gasteiger charge is 2.27. The van der Waals surface area contributed by atoms with Crippen molar-refractivity contribution in [3.63, 3.8) is 0 Å². The molecule has 0 saturated carbocycles. The molecule has 0 unspecified atom stereocenters. The zero-order valence-electron chi connectivity index (χ0n) is 14.2. The maximum atomic E-state index is 12.7. The molecule has 0 radical (unpaired) electrons. The number of sulfonamides is 1. The third kappa shape index (κ3) is 4.30. The molecule has 0 saturated heterocycles. The molecule has 0 aliphatic rings. The number of carbonyl (C=O) groups excluding carboxylic acids is 1. The molecular formula is C16H22N2O4S. The first-order chi connectivity index (χ1) is 10.5. The van der Waals surface area contributed by atoms with Crippen LogP contribution in [0.3, 0.4) is 0 Å². The fourth-order valence-corrected chi connectivity index (χ4v) is 4.03. The van der Waals surface area contributed by atoms with Crippen LogP contribution in [0.1, 0.15) is 36.1 Å². The van der Waals surface area contributed by atoms with E-state index < -0.39 is 28.1 Å². The number of nitrogens with zero attached hydrogens (tertiary/aromatic N) is 1. The lowest BCUT2D eigenvalue weighted by Gasteiger charge is -2.19. The second-order valence-electron chi connectivity index (χ2n) is 5.64. The molecule has 126 valence electrons. The van der Waals surface area contributed by atoms with E-state index >= 15 is 0 Å². The Balaban J connectivity index is 3.15. The van der Waals surface area contributed by atoms with Crippen LogP contribution in [0.25, 0.3) is 0 Å². The summed E-state index contributed by atoms with van der Waals surface area (Å²) in [4.78, 5) is 12.0. The van der Waals surface area contributed by atoms with E-state index in [1.54, 1.807) is 19.9 Å². The number of hydrogen-bond acceptors (Lipinski definition) is 5. The average Bonchev–Trinajstić information content (AvgIpc) is 2.44. The summed E-state index contributed by atoms with van der Waals surface area (Å²) >= 11 is 0. The second-order valence-corrected chi connectivity index (χ2v) is 7.29. The molecule has 6 nitrogen and oxygen atoms in total. The van der Waals surface area contributed by atoms with Crippen molar-refractivity contribution in [1.29, 1.82) is 5.26 Å². The second kappa shape index (κ2) is 7.11. The van der Waals surface area contributed by atoms with E-state index in [1.165, 1.54) is 13.8 Å². The highest BCUT2D eigenvalue weighted by atomic mass is 32.2. The van der Waals surface area contributed by atoms with Gasteiger partial charge in [0.1, 0.15) is 12.1 Å². The fraction of sp³-hybridized carbons (Fsp3) is 0.500. The number of rotatable bonds is 5. The van der Waals surface area contributed by atoms with Gasteiger partial charge in [-0.15, -0.1) is 0 Å². The molecule has 1 N–H and O–H groups in total. The Morgan fingerprint density at radius 3 is 2.09 bits per heavy atom. The fourth-order valence-electron chi connectivity index (χ4n) is 2.23. The Labute approximate surface area is 137 Å². The topological polar surface area (TPSA) is 96.3 Å². The minimum absolute atomic E-state index is 0.183. The summed E-state index contributed by atoms with van der Waals surface area (Å²) in [5.74, 6) is -0.790. The molecule has 0 heterocycles. The van der Waals surface area contributed by atoms with Crippen molar-refractivity contribution in [2.24, 2.45) is 0 Å². The standard InChI is InChI=1S/C16H22N2O4S/c1-9-7-10(2)13(5)15(12(9)4)23(20,21)18-14(6)16(19)22-11(3)8-17/h7,11,14,18H,1-6H3/t11-,14+/m1/s1. The Bertz CT molecular complexity index is 737. The van der Waals surface area contributed by atoms with E-state index in [0.717, 1.165) is 11.1 Å². The molecule has 0 amide bonds. The van der Waals surface area contributed by atoms with Crippen molar-refractivity contribution in [2.45, 2.75) is 58.6 Å². The number of benzene rings is 1. The largest absolute Gasteiger partial charge is 0.446 e. The zero-order chi connectivity index (χ0) is 17.9. The smallest absolute Gasteiger partial charge is 0.325 e. The third-order valence-corrected chi connectivity index (χ3v) is 5.54. The van der Waals surface area contributed by atoms with E-state index in [2.05, 4.69) is 4.72 Å². The van der Waals surface area contributed by atoms with Crippen LogP contribution in [0.5, 0.6) is 0 Å². The van der Waals surface area contributed by atoms with Crippen LogP contribution in [-0.2, 0) is 19.6 Å². The van der Waals surface area contributed by atoms with Crippen LogP contribution in [0.4, 0.5) is 0 Å². The summed E-state index contributed by atoms with van der Waals surface area (Å²) in [5.41, 5.74) is 3.02. The predicted molar refractivity (Wildman–Crippen MR) is 86.3 cm³/mol. The summed E-state index contributed by atoms with van der Waals surface area (Å²) in [6.07, 6.45) is -0.931. The van der Waals surface area contributed by atoms with Gasteiger partial charge in [-0.05, 0) is 63.8 Å². The average molecular weight is 338 g/mol. The van der Waals surface area contributed by atoms with Crippen LogP contribution in [0.2, 0.25) is 0 Å². The van der Waals surface area contributed by atoms with Gasteiger partial charge < -0.3 is 4.74 Å². The van der Waals surface area contributed by atoms with Crippen molar-refractivity contribution >= 4 is 16.0 Å². The molecule has 23 heavy (non-hydrogen) atoms. The van der Waals surface area contributed by atoms with Crippen molar-refractivity contribution in [1.82, 2.24) is 4.72 Å². The van der Waals surface area contributed by atoms with Crippen molar-refractivity contribution in [3.8, 4) is 6.07 Å². The maximum absolute atomic E-state index is 12.7. The molecular weight excluding hydrogens is 316 g/mol. The molecule has 0 aromatic heterocycles. The van der Waals surface area contributed by atoms with Crippen LogP contribution >= 0.6 is 0 Å². The molecule has 2 atom stereocenters. The number of ether oxygens (including phenoxy) is 1. The maximum Gasteiger partial charge on any atom is 0.325 e. The van der Waals surface area contributed by atoms with Gasteiger partial charge >= 0.3 is 5.97 Å². The SMILES string of the molecule is Cc1cc(C)c(C)c(S(=O)(=O)N[C@@H](C)C(=O)O[C@H](C)C#N)c1C. The molecule has 0 bridgehead atoms. The van der Waals surface area contributed by atoms with Gasteiger partial charge in [0.15, 0.2) is 6.10 Å². The molecule has 0 fully saturated rings. The first-order valence-electron chi connectivity index (χ1n) is 7.21. The minimum Gasteiger partial charge on any atom is -0.446 e. The Morgan fingerprint density at radius 2 is 1.65 bits per heavy atom. The number of aryl methyl sites for hydroxylation is 2. The lowest BCUT2D eigenvalue weighted by atomic mass is 10.0. The van der Waals surface area contributed by atoms with E-state index in [-0.39, 0.29) is 4.90 Å². The normalized spacial score (nSPS) is 14.0. The van der Waals surface area contributed by atoms with E-state index in [9.17, 15) is 13.2 Å². The quantitative estimate of drug-likeness (QED) is 0.829. The highest BCUT2D eigenvalue weighted by Crippen LogP contribution is 2.26. The summed E-state index contributed by atoms with van der Waals surface area (Å²) in [6, 6.07) is 2.60. The lowest BCUT2D eigenvalue weighted by Crippen LogP contribution is -2.41. The number of esters is 1. The van der Waals surface area contributed by atoms with Gasteiger partial charge in [0.25, 0.3) is 0 Å². The highest BCUT2D eigenvalue weighted by molar-refractivity contribution is 7.89. The summed E-state index contributed by atoms with van der Waals surface area (Å²) in [5, 5.41) is 8.64. The number of carbonyl (C=O) groups is 1. The molecule has 7 heteroatoms. The Kier molecular flexibility index (Phi) is 5.92. The molecule has 0 aliphatic heterocycles. The first kappa shape index (κ1) is 19.1. The minimum atomic E-state index is -3.89. The number of nitrogens with one attached hydrogen (secondary N) is 1. The van der Waals surface area contributed by atoms with Crippen LogP contribution < -0.4 is 4.72 Å². The van der Waals surface area contributed by atoms with Gasteiger partial charge in [-0.3, -0.25) is 4.79 Å². The van der Waals surface area contributed by atoms with E-state index in [1.807, 2.05) is 19.9 Å². The van der Waals surface area contributed by atoms with E-state index in [0.29, 0.717) is 11.1 Å². The van der Waals surface area contributed by atoms with Gasteiger partial charge in [-0.2, -0.15) is 9.98 Å². The van der Waals surface area contributed by atoms with Gasteiger partial charge in [-0.25, -0.2) is 8.42 Å². The van der Waals surface area contributed by atoms with Gasteiger partial charge in [0.05, 0.1) is 4.90 Å². The van der Waals surface area contributed by atoms with Gasteiger partial charge in [0, 0.05) is 0 Å². The van der Waals surface area contributed by atoms with Gasteiger partial charge in [0.2, 0.25) is 10.0 Å². The monoisotopic (exact) mass is 338 g/mol. The first-order valence-corrected chi connectivity index (χ1v) is 8.69. The number of hydrogen-bond donors (Lipinski definition) is 1. The van der Waals surface area contributed by atoms with Gasteiger partial charge in [-0.1, -0.05) is 6.07 Å². The molecule has 1 aromatic rings. The molecule has 1 rings (SSSR count). The Morgan fingerprint density at radius 1 is 1.17 bits per heavy atom. The predicted octanol–water partition coefficient (Wildman–Crippen LogP) is 2.04. The third-order valence-electron chi connectivity index (χ3n) is 3.73. The summed E-state index contributed by atoms with van der Waals surface area (Å²) in [7, 11) is -3.89. The number of nitriles is 1. The molecule has 0 spiro atoms. The van der Waals surface area contributed by atoms with Crippen molar-refractivity contribution < 1.29 is 17.9 Å². The van der Waals surface area contributed by atoms with Crippen LogP contribution in [-0.4, -0.2) is 26.5 Å². The van der Waals surface area contributed by atoms with E-state index in [4.69, 9.17) is 10.00 Å². The van der Waals surface area contributed by atoms with Crippen LogP contribution in [0, 0.1) is 39.0 Å². The van der Waals surface area contributed by atoms with Crippen molar-refractivity contribution in [3.05, 3.63) is 28.3 Å². The summed E-state index contributed by atoms with van der Waals surface area (Å²) in [6.45, 7) is 9.95. The van der Waals surface area contributed by atoms with Crippen molar-refractivity contribution in [2.75, 3.05) is 0 Å². The Hall–Kier alpha value is -1.91. The van der Waals surface area contributed by atoms with Crippen LogP contribution in [0.15, 0.2) is 11.0 Å².